The highest BCUT2D eigenvalue weighted by atomic mass is 32.2. The third-order valence-corrected chi connectivity index (χ3v) is 4.04. The summed E-state index contributed by atoms with van der Waals surface area (Å²) < 4.78 is 31.1. The number of carbonyl (C=O) groups is 1. The highest BCUT2D eigenvalue weighted by Gasteiger charge is 2.27. The van der Waals surface area contributed by atoms with Crippen LogP contribution in [0.3, 0.4) is 0 Å². The first-order valence-electron chi connectivity index (χ1n) is 5.54. The molecule has 0 aromatic heterocycles. The van der Waals surface area contributed by atoms with E-state index in [0.717, 1.165) is 26.4 Å². The van der Waals surface area contributed by atoms with Gasteiger partial charge in [-0.1, -0.05) is 6.42 Å². The summed E-state index contributed by atoms with van der Waals surface area (Å²) in [7, 11) is -2.72. The molecule has 0 saturated heterocycles. The average Bonchev–Trinajstić information content (AvgIpc) is 2.73. The van der Waals surface area contributed by atoms with E-state index in [1.807, 2.05) is 0 Å². The predicted molar refractivity (Wildman–Crippen MR) is 62.3 cm³/mol. The zero-order valence-electron chi connectivity index (χ0n) is 9.81. The molecule has 1 aliphatic rings. The van der Waals surface area contributed by atoms with Crippen molar-refractivity contribution in [3.63, 3.8) is 0 Å². The molecule has 1 aliphatic carbocycles. The molecule has 100 valence electrons. The number of rotatable bonds is 5. The Kier molecular flexibility index (Phi) is 5.16. The average molecular weight is 265 g/mol. The Morgan fingerprint density at radius 1 is 1.41 bits per heavy atom. The van der Waals surface area contributed by atoms with E-state index in [-0.39, 0.29) is 5.92 Å². The normalized spacial score (nSPS) is 24.6. The third-order valence-electron chi connectivity index (χ3n) is 3.06. The van der Waals surface area contributed by atoms with Crippen LogP contribution in [0, 0.1) is 11.8 Å². The summed E-state index contributed by atoms with van der Waals surface area (Å²) in [5.74, 6) is 0.602. The number of ether oxygens (including phenoxy) is 1. The predicted octanol–water partition coefficient (Wildman–Crippen LogP) is -0.448. The van der Waals surface area contributed by atoms with Crippen LogP contribution >= 0.6 is 0 Å². The highest BCUT2D eigenvalue weighted by Crippen LogP contribution is 2.30. The molecule has 1 saturated carbocycles. The maximum absolute atomic E-state index is 11.4. The Labute approximate surface area is 101 Å². The minimum atomic E-state index is -3.83. The van der Waals surface area contributed by atoms with Gasteiger partial charge in [0.15, 0.2) is 0 Å². The lowest BCUT2D eigenvalue weighted by atomic mass is 9.97. The molecule has 0 heterocycles. The topological polar surface area (TPSA) is 111 Å². The molecule has 8 heteroatoms. The van der Waals surface area contributed by atoms with Gasteiger partial charge < -0.3 is 10.5 Å². The van der Waals surface area contributed by atoms with Gasteiger partial charge in [-0.05, 0) is 31.2 Å². The molecule has 0 bridgehead atoms. The molecular weight excluding hydrogens is 246 g/mol. The van der Waals surface area contributed by atoms with Gasteiger partial charge in [-0.2, -0.15) is 13.1 Å². The van der Waals surface area contributed by atoms with Crippen LogP contribution in [-0.4, -0.2) is 34.7 Å². The summed E-state index contributed by atoms with van der Waals surface area (Å²) in [6.07, 6.45) is 2.06. The van der Waals surface area contributed by atoms with Gasteiger partial charge in [0.1, 0.15) is 0 Å². The second-order valence-corrected chi connectivity index (χ2v) is 5.63. The van der Waals surface area contributed by atoms with E-state index in [4.69, 9.17) is 5.73 Å². The fourth-order valence-electron chi connectivity index (χ4n) is 2.10. The van der Waals surface area contributed by atoms with Crippen LogP contribution in [0.25, 0.3) is 0 Å². The van der Waals surface area contributed by atoms with Gasteiger partial charge in [0.25, 0.3) is 0 Å². The van der Waals surface area contributed by atoms with Crippen LogP contribution in [0.5, 0.6) is 0 Å². The smallest absolute Gasteiger partial charge is 0.421 e. The molecule has 2 atom stereocenters. The number of methoxy groups -OCH3 is 1. The first kappa shape index (κ1) is 14.2. The Balaban J connectivity index is 2.41. The number of amides is 1. The van der Waals surface area contributed by atoms with Crippen LogP contribution in [0.1, 0.15) is 19.3 Å². The van der Waals surface area contributed by atoms with E-state index in [1.54, 1.807) is 4.72 Å². The largest absolute Gasteiger partial charge is 0.452 e. The Bertz CT molecular complexity index is 357. The minimum absolute atomic E-state index is 0.245. The molecular formula is C9H19N3O4S. The lowest BCUT2D eigenvalue weighted by Crippen LogP contribution is -2.42. The van der Waals surface area contributed by atoms with Crippen molar-refractivity contribution in [2.24, 2.45) is 17.6 Å². The maximum atomic E-state index is 11.4. The maximum Gasteiger partial charge on any atom is 0.421 e. The molecule has 0 aromatic rings. The Morgan fingerprint density at radius 2 is 2.06 bits per heavy atom. The molecule has 0 radical (unpaired) electrons. The molecule has 7 nitrogen and oxygen atoms in total. The lowest BCUT2D eigenvalue weighted by molar-refractivity contribution is 0.177. The summed E-state index contributed by atoms with van der Waals surface area (Å²) >= 11 is 0. The highest BCUT2D eigenvalue weighted by molar-refractivity contribution is 7.88. The van der Waals surface area contributed by atoms with E-state index >= 15 is 0 Å². The first-order chi connectivity index (χ1) is 7.98. The van der Waals surface area contributed by atoms with Crippen molar-refractivity contribution in [3.8, 4) is 0 Å². The van der Waals surface area contributed by atoms with Gasteiger partial charge >= 0.3 is 16.3 Å². The van der Waals surface area contributed by atoms with Crippen LogP contribution in [0.2, 0.25) is 0 Å². The van der Waals surface area contributed by atoms with Crippen molar-refractivity contribution in [3.05, 3.63) is 0 Å². The van der Waals surface area contributed by atoms with Gasteiger partial charge in [0.2, 0.25) is 0 Å². The van der Waals surface area contributed by atoms with Crippen molar-refractivity contribution < 1.29 is 17.9 Å². The molecule has 17 heavy (non-hydrogen) atoms. The second kappa shape index (κ2) is 6.18. The molecule has 1 amide bonds. The third kappa shape index (κ3) is 4.49. The molecule has 0 aromatic carbocycles. The number of carbonyl (C=O) groups excluding carboxylic acids is 1. The molecule has 1 fully saturated rings. The van der Waals surface area contributed by atoms with Gasteiger partial charge in [-0.15, -0.1) is 0 Å². The molecule has 4 N–H and O–H groups in total. The fourth-order valence-corrected chi connectivity index (χ4v) is 2.91. The Morgan fingerprint density at radius 3 is 2.65 bits per heavy atom. The summed E-state index contributed by atoms with van der Waals surface area (Å²) in [5.41, 5.74) is 5.60. The summed E-state index contributed by atoms with van der Waals surface area (Å²) in [6, 6.07) is 0. The van der Waals surface area contributed by atoms with Crippen molar-refractivity contribution >= 4 is 16.3 Å². The standard InChI is InChI=1S/C9H19N3O4S/c1-16-9(13)12-17(14,15)11-6-8-4-2-3-7(8)5-10/h7-8,11H,2-6,10H2,1H3,(H,12,13). The SMILES string of the molecule is COC(=O)NS(=O)(=O)NCC1CCCC1CN. The second-order valence-electron chi connectivity index (χ2n) is 4.13. The van der Waals surface area contributed by atoms with Crippen molar-refractivity contribution in [1.29, 1.82) is 0 Å². The number of hydrogen-bond acceptors (Lipinski definition) is 5. The fraction of sp³-hybridized carbons (Fsp3) is 0.889. The van der Waals surface area contributed by atoms with E-state index < -0.39 is 16.3 Å². The summed E-state index contributed by atoms with van der Waals surface area (Å²) in [5, 5.41) is 0. The van der Waals surface area contributed by atoms with E-state index in [2.05, 4.69) is 9.46 Å². The monoisotopic (exact) mass is 265 g/mol. The molecule has 2 unspecified atom stereocenters. The zero-order chi connectivity index (χ0) is 12.9. The van der Waals surface area contributed by atoms with Crippen LogP contribution in [0.4, 0.5) is 4.79 Å². The number of nitrogens with two attached hydrogens (primary N) is 1. The van der Waals surface area contributed by atoms with Gasteiger partial charge in [0.05, 0.1) is 7.11 Å². The van der Waals surface area contributed by atoms with Crippen molar-refractivity contribution in [2.45, 2.75) is 19.3 Å². The number of nitrogens with one attached hydrogen (secondary N) is 2. The lowest BCUT2D eigenvalue weighted by Gasteiger charge is -2.18. The van der Waals surface area contributed by atoms with Crippen LogP contribution in [0.15, 0.2) is 0 Å². The zero-order valence-corrected chi connectivity index (χ0v) is 10.6. The van der Waals surface area contributed by atoms with Crippen LogP contribution in [-0.2, 0) is 14.9 Å². The molecule has 1 rings (SSSR count). The molecule has 0 aliphatic heterocycles. The van der Waals surface area contributed by atoms with Gasteiger partial charge in [-0.3, -0.25) is 0 Å². The first-order valence-corrected chi connectivity index (χ1v) is 7.02. The van der Waals surface area contributed by atoms with Gasteiger partial charge in [-0.25, -0.2) is 9.52 Å². The summed E-state index contributed by atoms with van der Waals surface area (Å²) in [4.78, 5) is 10.8. The minimum Gasteiger partial charge on any atom is -0.452 e. The summed E-state index contributed by atoms with van der Waals surface area (Å²) in [6.45, 7) is 0.866. The van der Waals surface area contributed by atoms with E-state index in [0.29, 0.717) is 19.0 Å². The van der Waals surface area contributed by atoms with Crippen molar-refractivity contribution in [2.75, 3.05) is 20.2 Å². The molecule has 0 spiro atoms. The van der Waals surface area contributed by atoms with Gasteiger partial charge in [0, 0.05) is 6.54 Å². The Hall–Kier alpha value is -0.860. The van der Waals surface area contributed by atoms with E-state index in [9.17, 15) is 13.2 Å². The van der Waals surface area contributed by atoms with Crippen molar-refractivity contribution in [1.82, 2.24) is 9.44 Å². The number of hydrogen-bond donors (Lipinski definition) is 3. The van der Waals surface area contributed by atoms with Crippen LogP contribution < -0.4 is 15.2 Å². The van der Waals surface area contributed by atoms with E-state index in [1.165, 1.54) is 0 Å². The quantitative estimate of drug-likeness (QED) is 0.623.